The number of aliphatic hydroxyl groups excluding tert-OH is 1. The van der Waals surface area contributed by atoms with Crippen LogP contribution in [-0.4, -0.2) is 39.0 Å². The number of hydrogen-bond acceptors (Lipinski definition) is 4. The molecule has 1 aromatic carbocycles. The minimum absolute atomic E-state index is 0.209. The smallest absolute Gasteiger partial charge is 0.136 e. The third kappa shape index (κ3) is 2.10. The van der Waals surface area contributed by atoms with Crippen LogP contribution in [0.3, 0.4) is 0 Å². The molecule has 0 saturated carbocycles. The van der Waals surface area contributed by atoms with E-state index in [1.54, 1.807) is 0 Å². The van der Waals surface area contributed by atoms with E-state index >= 15 is 0 Å². The SMILES string of the molecule is Cc1ccc2n[nH]nc2c1NCC(O)CCl. The molecule has 0 aliphatic rings. The number of aliphatic hydroxyl groups is 1. The molecular weight excluding hydrogens is 228 g/mol. The number of aryl methyl sites for hydroxylation is 1. The maximum atomic E-state index is 9.39. The lowest BCUT2D eigenvalue weighted by atomic mass is 10.1. The Labute approximate surface area is 97.8 Å². The van der Waals surface area contributed by atoms with Gasteiger partial charge in [-0.2, -0.15) is 15.4 Å². The normalized spacial score (nSPS) is 12.9. The number of nitrogens with one attached hydrogen (secondary N) is 2. The van der Waals surface area contributed by atoms with Gasteiger partial charge in [0.25, 0.3) is 0 Å². The molecule has 0 spiro atoms. The van der Waals surface area contributed by atoms with Gasteiger partial charge in [0.15, 0.2) is 0 Å². The van der Waals surface area contributed by atoms with Crippen LogP contribution in [-0.2, 0) is 0 Å². The van der Waals surface area contributed by atoms with Crippen molar-refractivity contribution in [3.8, 4) is 0 Å². The van der Waals surface area contributed by atoms with Crippen LogP contribution >= 0.6 is 11.6 Å². The summed E-state index contributed by atoms with van der Waals surface area (Å²) < 4.78 is 0. The summed E-state index contributed by atoms with van der Waals surface area (Å²) in [5, 5.41) is 23.2. The highest BCUT2D eigenvalue weighted by atomic mass is 35.5. The summed E-state index contributed by atoms with van der Waals surface area (Å²) in [4.78, 5) is 0. The van der Waals surface area contributed by atoms with Crippen LogP contribution in [0.4, 0.5) is 5.69 Å². The Balaban J connectivity index is 2.27. The molecule has 0 aliphatic heterocycles. The van der Waals surface area contributed by atoms with Crippen molar-refractivity contribution in [2.45, 2.75) is 13.0 Å². The summed E-state index contributed by atoms with van der Waals surface area (Å²) in [6.45, 7) is 2.37. The van der Waals surface area contributed by atoms with E-state index in [-0.39, 0.29) is 5.88 Å². The standard InChI is InChI=1S/C10H13ClN4O/c1-6-2-3-8-10(14-15-13-8)9(6)12-5-7(16)4-11/h2-3,7,12,16H,4-5H2,1H3,(H,13,14,15). The second kappa shape index (κ2) is 4.67. The van der Waals surface area contributed by atoms with Gasteiger partial charge in [-0.3, -0.25) is 0 Å². The van der Waals surface area contributed by atoms with E-state index in [9.17, 15) is 5.11 Å². The zero-order chi connectivity index (χ0) is 11.5. The molecule has 0 amide bonds. The summed E-state index contributed by atoms with van der Waals surface area (Å²) in [7, 11) is 0. The number of benzene rings is 1. The molecule has 1 heterocycles. The molecule has 0 bridgehead atoms. The highest BCUT2D eigenvalue weighted by Crippen LogP contribution is 2.23. The van der Waals surface area contributed by atoms with Gasteiger partial charge in [0.1, 0.15) is 11.0 Å². The van der Waals surface area contributed by atoms with Gasteiger partial charge in [-0.15, -0.1) is 11.6 Å². The Hall–Kier alpha value is -1.33. The van der Waals surface area contributed by atoms with E-state index in [0.29, 0.717) is 6.54 Å². The van der Waals surface area contributed by atoms with Crippen molar-refractivity contribution >= 4 is 28.3 Å². The van der Waals surface area contributed by atoms with E-state index in [2.05, 4.69) is 20.7 Å². The molecular formula is C10H13ClN4O. The number of aromatic nitrogens is 3. The van der Waals surface area contributed by atoms with E-state index in [1.165, 1.54) is 0 Å². The van der Waals surface area contributed by atoms with Crippen LogP contribution < -0.4 is 5.32 Å². The fourth-order valence-corrected chi connectivity index (χ4v) is 1.62. The Kier molecular flexibility index (Phi) is 3.26. The third-order valence-electron chi connectivity index (χ3n) is 2.39. The van der Waals surface area contributed by atoms with Crippen LogP contribution in [0.2, 0.25) is 0 Å². The molecule has 0 aliphatic carbocycles. The molecule has 2 aromatic rings. The van der Waals surface area contributed by atoms with Gasteiger partial charge in [-0.25, -0.2) is 0 Å². The molecule has 5 nitrogen and oxygen atoms in total. The van der Waals surface area contributed by atoms with E-state index in [0.717, 1.165) is 22.3 Å². The monoisotopic (exact) mass is 240 g/mol. The van der Waals surface area contributed by atoms with Crippen molar-refractivity contribution in [1.29, 1.82) is 0 Å². The molecule has 1 aromatic heterocycles. The number of rotatable bonds is 4. The molecule has 6 heteroatoms. The van der Waals surface area contributed by atoms with Gasteiger partial charge in [0.2, 0.25) is 0 Å². The number of aromatic amines is 1. The first-order chi connectivity index (χ1) is 7.72. The number of fused-ring (bicyclic) bond motifs is 1. The first kappa shape index (κ1) is 11.2. The fourth-order valence-electron chi connectivity index (χ4n) is 1.51. The third-order valence-corrected chi connectivity index (χ3v) is 2.75. The van der Waals surface area contributed by atoms with E-state index < -0.39 is 6.10 Å². The zero-order valence-electron chi connectivity index (χ0n) is 8.87. The fraction of sp³-hybridized carbons (Fsp3) is 0.400. The topological polar surface area (TPSA) is 73.8 Å². The first-order valence-corrected chi connectivity index (χ1v) is 5.54. The quantitative estimate of drug-likeness (QED) is 0.704. The Morgan fingerprint density at radius 2 is 2.31 bits per heavy atom. The number of alkyl halides is 1. The van der Waals surface area contributed by atoms with Crippen LogP contribution in [0, 0.1) is 6.92 Å². The van der Waals surface area contributed by atoms with E-state index in [1.807, 2.05) is 19.1 Å². The summed E-state index contributed by atoms with van der Waals surface area (Å²) in [6, 6.07) is 3.86. The average Bonchev–Trinajstić information content (AvgIpc) is 2.75. The van der Waals surface area contributed by atoms with Crippen LogP contribution in [0.1, 0.15) is 5.56 Å². The minimum Gasteiger partial charge on any atom is -0.390 e. The average molecular weight is 241 g/mol. The molecule has 0 saturated heterocycles. The maximum absolute atomic E-state index is 9.39. The second-order valence-electron chi connectivity index (χ2n) is 3.64. The summed E-state index contributed by atoms with van der Waals surface area (Å²) in [5.41, 5.74) is 3.52. The largest absolute Gasteiger partial charge is 0.390 e. The van der Waals surface area contributed by atoms with Crippen molar-refractivity contribution in [3.63, 3.8) is 0 Å². The van der Waals surface area contributed by atoms with Gasteiger partial charge in [-0.05, 0) is 18.6 Å². The van der Waals surface area contributed by atoms with E-state index in [4.69, 9.17) is 11.6 Å². The zero-order valence-corrected chi connectivity index (χ0v) is 9.62. The molecule has 16 heavy (non-hydrogen) atoms. The van der Waals surface area contributed by atoms with Crippen molar-refractivity contribution in [3.05, 3.63) is 17.7 Å². The number of nitrogens with zero attached hydrogens (tertiary/aromatic N) is 2. The summed E-state index contributed by atoms with van der Waals surface area (Å²) >= 11 is 5.53. The van der Waals surface area contributed by atoms with Crippen molar-refractivity contribution < 1.29 is 5.11 Å². The van der Waals surface area contributed by atoms with Gasteiger partial charge in [0.05, 0.1) is 17.7 Å². The maximum Gasteiger partial charge on any atom is 0.136 e. The van der Waals surface area contributed by atoms with Gasteiger partial charge >= 0.3 is 0 Å². The predicted octanol–water partition coefficient (Wildman–Crippen LogP) is 1.28. The number of anilines is 1. The molecule has 0 fully saturated rings. The van der Waals surface area contributed by atoms with Crippen molar-refractivity contribution in [1.82, 2.24) is 15.4 Å². The van der Waals surface area contributed by atoms with Gasteiger partial charge in [-0.1, -0.05) is 6.07 Å². The predicted molar refractivity (Wildman–Crippen MR) is 63.8 cm³/mol. The number of hydrogen-bond donors (Lipinski definition) is 3. The highest BCUT2D eigenvalue weighted by Gasteiger charge is 2.09. The Morgan fingerprint density at radius 1 is 1.50 bits per heavy atom. The molecule has 1 atom stereocenters. The second-order valence-corrected chi connectivity index (χ2v) is 3.95. The lowest BCUT2D eigenvalue weighted by Gasteiger charge is -2.12. The summed E-state index contributed by atoms with van der Waals surface area (Å²) in [6.07, 6.45) is -0.566. The van der Waals surface area contributed by atoms with Crippen LogP contribution in [0.25, 0.3) is 11.0 Å². The van der Waals surface area contributed by atoms with Crippen molar-refractivity contribution in [2.24, 2.45) is 0 Å². The van der Waals surface area contributed by atoms with Crippen molar-refractivity contribution in [2.75, 3.05) is 17.7 Å². The Morgan fingerprint density at radius 3 is 3.06 bits per heavy atom. The highest BCUT2D eigenvalue weighted by molar-refractivity contribution is 6.18. The van der Waals surface area contributed by atoms with Crippen LogP contribution in [0.15, 0.2) is 12.1 Å². The Bertz CT molecular complexity index is 485. The lowest BCUT2D eigenvalue weighted by Crippen LogP contribution is -2.21. The first-order valence-electron chi connectivity index (χ1n) is 5.00. The lowest BCUT2D eigenvalue weighted by molar-refractivity contribution is 0.211. The molecule has 3 N–H and O–H groups in total. The number of H-pyrrole nitrogens is 1. The van der Waals surface area contributed by atoms with Crippen LogP contribution in [0.5, 0.6) is 0 Å². The molecule has 0 radical (unpaired) electrons. The van der Waals surface area contributed by atoms with Gasteiger partial charge in [0, 0.05) is 6.54 Å². The molecule has 86 valence electrons. The molecule has 1 unspecified atom stereocenters. The molecule has 2 rings (SSSR count). The number of halogens is 1. The minimum atomic E-state index is -0.566. The summed E-state index contributed by atoms with van der Waals surface area (Å²) in [5.74, 6) is 0.209. The van der Waals surface area contributed by atoms with Gasteiger partial charge < -0.3 is 10.4 Å².